The third-order valence-corrected chi connectivity index (χ3v) is 3.23. The quantitative estimate of drug-likeness (QED) is 0.714. The van der Waals surface area contributed by atoms with Crippen LogP contribution in [0, 0.1) is 11.3 Å². The van der Waals surface area contributed by atoms with Gasteiger partial charge in [0.25, 0.3) is 0 Å². The van der Waals surface area contributed by atoms with Crippen molar-refractivity contribution in [2.24, 2.45) is 11.3 Å². The summed E-state index contributed by atoms with van der Waals surface area (Å²) < 4.78 is 5.18. The molecule has 0 aromatic rings. The van der Waals surface area contributed by atoms with E-state index in [0.29, 0.717) is 12.8 Å². The summed E-state index contributed by atoms with van der Waals surface area (Å²) in [5.74, 6) is -0.598. The van der Waals surface area contributed by atoms with Gasteiger partial charge in [0.1, 0.15) is 5.60 Å². The minimum absolute atomic E-state index is 0.107. The lowest BCUT2D eigenvalue weighted by Gasteiger charge is -2.32. The van der Waals surface area contributed by atoms with Crippen LogP contribution in [0.25, 0.3) is 0 Å². The van der Waals surface area contributed by atoms with Crippen molar-refractivity contribution in [3.05, 3.63) is 0 Å². The van der Waals surface area contributed by atoms with E-state index in [-0.39, 0.29) is 12.5 Å². The van der Waals surface area contributed by atoms with Crippen LogP contribution in [0.5, 0.6) is 0 Å². The van der Waals surface area contributed by atoms with Gasteiger partial charge in [-0.05, 0) is 39.5 Å². The summed E-state index contributed by atoms with van der Waals surface area (Å²) in [6.45, 7) is 11.5. The standard InChI is InChI=1S/C16H31NO4/c1-7-8-9-16(13(18)19,10-12(2)3)11-17-14(20)21-15(4,5)6/h12H,7-11H2,1-6H3,(H,17,20)(H,18,19). The molecule has 0 aliphatic carbocycles. The number of hydrogen-bond donors (Lipinski definition) is 2. The normalized spacial score (nSPS) is 14.6. The summed E-state index contributed by atoms with van der Waals surface area (Å²) in [5, 5.41) is 12.3. The third-order valence-electron chi connectivity index (χ3n) is 3.23. The van der Waals surface area contributed by atoms with Gasteiger partial charge in [0.15, 0.2) is 0 Å². The highest BCUT2D eigenvalue weighted by Crippen LogP contribution is 2.32. The summed E-state index contributed by atoms with van der Waals surface area (Å²) in [7, 11) is 0. The summed E-state index contributed by atoms with van der Waals surface area (Å²) >= 11 is 0. The van der Waals surface area contributed by atoms with E-state index in [0.717, 1.165) is 12.8 Å². The van der Waals surface area contributed by atoms with Gasteiger partial charge in [-0.2, -0.15) is 0 Å². The van der Waals surface area contributed by atoms with E-state index < -0.39 is 23.1 Å². The number of carboxylic acid groups (broad SMARTS) is 1. The second-order valence-electron chi connectivity index (χ2n) is 7.14. The van der Waals surface area contributed by atoms with Gasteiger partial charge < -0.3 is 15.2 Å². The van der Waals surface area contributed by atoms with Crippen molar-refractivity contribution in [2.75, 3.05) is 6.54 Å². The molecule has 0 saturated carbocycles. The number of alkyl carbamates (subject to hydrolysis) is 1. The topological polar surface area (TPSA) is 75.6 Å². The van der Waals surface area contributed by atoms with E-state index >= 15 is 0 Å². The van der Waals surface area contributed by atoms with Crippen LogP contribution in [0.1, 0.15) is 67.2 Å². The molecule has 0 spiro atoms. The number of amides is 1. The van der Waals surface area contributed by atoms with Gasteiger partial charge in [-0.25, -0.2) is 4.79 Å². The van der Waals surface area contributed by atoms with Crippen LogP contribution in [0.15, 0.2) is 0 Å². The molecular weight excluding hydrogens is 270 g/mol. The van der Waals surface area contributed by atoms with Crippen molar-refractivity contribution in [1.29, 1.82) is 0 Å². The predicted molar refractivity (Wildman–Crippen MR) is 83.3 cm³/mol. The second-order valence-corrected chi connectivity index (χ2v) is 7.14. The zero-order valence-corrected chi connectivity index (χ0v) is 14.3. The molecule has 0 fully saturated rings. The van der Waals surface area contributed by atoms with E-state index in [9.17, 15) is 14.7 Å². The lowest BCUT2D eigenvalue weighted by atomic mass is 9.76. The molecule has 5 nitrogen and oxygen atoms in total. The van der Waals surface area contributed by atoms with E-state index in [1.54, 1.807) is 20.8 Å². The van der Waals surface area contributed by atoms with Crippen molar-refractivity contribution < 1.29 is 19.4 Å². The number of unbranched alkanes of at least 4 members (excludes halogenated alkanes) is 1. The highest BCUT2D eigenvalue weighted by molar-refractivity contribution is 5.76. The molecule has 21 heavy (non-hydrogen) atoms. The Bertz CT molecular complexity index is 347. The van der Waals surface area contributed by atoms with Gasteiger partial charge in [-0.15, -0.1) is 0 Å². The summed E-state index contributed by atoms with van der Waals surface area (Å²) in [5.41, 5.74) is -1.50. The minimum atomic E-state index is -0.916. The molecule has 0 saturated heterocycles. The van der Waals surface area contributed by atoms with Crippen molar-refractivity contribution in [2.45, 2.75) is 72.8 Å². The zero-order valence-electron chi connectivity index (χ0n) is 14.3. The highest BCUT2D eigenvalue weighted by Gasteiger charge is 2.39. The molecule has 124 valence electrons. The van der Waals surface area contributed by atoms with E-state index in [1.807, 2.05) is 20.8 Å². The summed E-state index contributed by atoms with van der Waals surface area (Å²) in [4.78, 5) is 23.5. The number of carbonyl (C=O) groups excluding carboxylic acids is 1. The average molecular weight is 301 g/mol. The van der Waals surface area contributed by atoms with Crippen LogP contribution in [0.3, 0.4) is 0 Å². The van der Waals surface area contributed by atoms with Crippen LogP contribution in [0.4, 0.5) is 4.79 Å². The fourth-order valence-corrected chi connectivity index (χ4v) is 2.38. The van der Waals surface area contributed by atoms with Crippen LogP contribution in [-0.4, -0.2) is 29.3 Å². The van der Waals surface area contributed by atoms with E-state index in [1.165, 1.54) is 0 Å². The first-order valence-corrected chi connectivity index (χ1v) is 7.72. The maximum Gasteiger partial charge on any atom is 0.407 e. The molecule has 0 aromatic heterocycles. The molecule has 0 aliphatic heterocycles. The molecule has 2 N–H and O–H groups in total. The Morgan fingerprint density at radius 3 is 2.19 bits per heavy atom. The Morgan fingerprint density at radius 2 is 1.81 bits per heavy atom. The van der Waals surface area contributed by atoms with E-state index in [4.69, 9.17) is 4.74 Å². The Balaban J connectivity index is 4.87. The minimum Gasteiger partial charge on any atom is -0.481 e. The summed E-state index contributed by atoms with van der Waals surface area (Å²) in [6.07, 6.45) is 2.30. The maximum atomic E-state index is 11.8. The number of rotatable bonds is 8. The number of hydrogen-bond acceptors (Lipinski definition) is 3. The third kappa shape index (κ3) is 7.93. The predicted octanol–water partition coefficient (Wildman–Crippen LogP) is 3.82. The Morgan fingerprint density at radius 1 is 1.24 bits per heavy atom. The second kappa shape index (κ2) is 8.25. The lowest BCUT2D eigenvalue weighted by molar-refractivity contribution is -0.150. The first-order chi connectivity index (χ1) is 9.52. The molecule has 0 radical (unpaired) electrons. The van der Waals surface area contributed by atoms with Gasteiger partial charge in [0, 0.05) is 6.54 Å². The largest absolute Gasteiger partial charge is 0.481 e. The lowest BCUT2D eigenvalue weighted by Crippen LogP contribution is -2.45. The Kier molecular flexibility index (Phi) is 7.75. The van der Waals surface area contributed by atoms with Crippen LogP contribution < -0.4 is 5.32 Å². The number of aliphatic carboxylic acids is 1. The van der Waals surface area contributed by atoms with Gasteiger partial charge in [-0.1, -0.05) is 33.6 Å². The van der Waals surface area contributed by atoms with Crippen molar-refractivity contribution in [1.82, 2.24) is 5.32 Å². The first kappa shape index (κ1) is 19.7. The highest BCUT2D eigenvalue weighted by atomic mass is 16.6. The monoisotopic (exact) mass is 301 g/mol. The molecule has 0 aliphatic rings. The van der Waals surface area contributed by atoms with Gasteiger partial charge in [0.2, 0.25) is 0 Å². The number of carbonyl (C=O) groups is 2. The van der Waals surface area contributed by atoms with Crippen LogP contribution in [0.2, 0.25) is 0 Å². The first-order valence-electron chi connectivity index (χ1n) is 7.72. The van der Waals surface area contributed by atoms with Crippen LogP contribution in [-0.2, 0) is 9.53 Å². The van der Waals surface area contributed by atoms with Gasteiger partial charge in [-0.3, -0.25) is 4.79 Å². The van der Waals surface area contributed by atoms with Crippen molar-refractivity contribution in [3.8, 4) is 0 Å². The van der Waals surface area contributed by atoms with Crippen molar-refractivity contribution >= 4 is 12.1 Å². The molecule has 1 atom stereocenters. The molecule has 0 aromatic carbocycles. The fourth-order valence-electron chi connectivity index (χ4n) is 2.38. The number of ether oxygens (including phenoxy) is 1. The molecule has 0 rings (SSSR count). The molecule has 1 amide bonds. The SMILES string of the molecule is CCCCC(CNC(=O)OC(C)(C)C)(CC(C)C)C(=O)O. The van der Waals surface area contributed by atoms with Gasteiger partial charge >= 0.3 is 12.1 Å². The van der Waals surface area contributed by atoms with Crippen LogP contribution >= 0.6 is 0 Å². The van der Waals surface area contributed by atoms with Crippen molar-refractivity contribution in [3.63, 3.8) is 0 Å². The molecule has 1 unspecified atom stereocenters. The molecule has 0 bridgehead atoms. The smallest absolute Gasteiger partial charge is 0.407 e. The van der Waals surface area contributed by atoms with E-state index in [2.05, 4.69) is 5.32 Å². The maximum absolute atomic E-state index is 11.8. The molecular formula is C16H31NO4. The zero-order chi connectivity index (χ0) is 16.7. The Labute approximate surface area is 128 Å². The van der Waals surface area contributed by atoms with Gasteiger partial charge in [0.05, 0.1) is 5.41 Å². The molecule has 5 heteroatoms. The number of carboxylic acids is 1. The molecule has 0 heterocycles. The fraction of sp³-hybridized carbons (Fsp3) is 0.875. The average Bonchev–Trinajstić information content (AvgIpc) is 2.29. The summed E-state index contributed by atoms with van der Waals surface area (Å²) in [6, 6.07) is 0. The number of nitrogens with one attached hydrogen (secondary N) is 1. The Hall–Kier alpha value is -1.26.